The molecule has 4 aromatic rings. The molecule has 33 heavy (non-hydrogen) atoms. The lowest BCUT2D eigenvalue weighted by Crippen LogP contribution is -2.48. The van der Waals surface area contributed by atoms with Gasteiger partial charge in [-0.05, 0) is 60.5 Å². The molecule has 1 fully saturated rings. The van der Waals surface area contributed by atoms with E-state index < -0.39 is 0 Å². The number of nitrogens with zero attached hydrogens (tertiary/aromatic N) is 7. The summed E-state index contributed by atoms with van der Waals surface area (Å²) in [7, 11) is 0. The Morgan fingerprint density at radius 2 is 1.70 bits per heavy atom. The maximum atomic E-state index is 4.53. The van der Waals surface area contributed by atoms with Crippen LogP contribution in [-0.2, 0) is 12.1 Å². The fourth-order valence-corrected chi connectivity index (χ4v) is 4.65. The molecule has 0 radical (unpaired) electrons. The van der Waals surface area contributed by atoms with Crippen molar-refractivity contribution in [2.24, 2.45) is 0 Å². The van der Waals surface area contributed by atoms with E-state index in [4.69, 9.17) is 0 Å². The molecule has 7 heteroatoms. The quantitative estimate of drug-likeness (QED) is 0.468. The van der Waals surface area contributed by atoms with E-state index in [0.29, 0.717) is 0 Å². The number of aromatic nitrogens is 5. The van der Waals surface area contributed by atoms with E-state index in [9.17, 15) is 0 Å². The number of hydrogen-bond acceptors (Lipinski definition) is 6. The van der Waals surface area contributed by atoms with Crippen molar-refractivity contribution >= 4 is 10.9 Å². The predicted molar refractivity (Wildman–Crippen MR) is 130 cm³/mol. The Morgan fingerprint density at radius 3 is 2.45 bits per heavy atom. The Hall–Kier alpha value is -3.16. The first kappa shape index (κ1) is 21.7. The lowest BCUT2D eigenvalue weighted by molar-refractivity contribution is 0.0980. The van der Waals surface area contributed by atoms with Gasteiger partial charge in [0, 0.05) is 44.3 Å². The standard InChI is InChI=1S/C26H31N7/c1-26(2,3)33-25(28-29-30-33)24(22-11-12-23-21(18-22)10-7-13-27-23)32-16-14-31(15-17-32)19-20-8-5-4-6-9-20/h4-13,18,24H,14-17,19H2,1-3H3/t24-/m0/s1. The minimum Gasteiger partial charge on any atom is -0.297 e. The van der Waals surface area contributed by atoms with Crippen LogP contribution in [0.15, 0.2) is 66.9 Å². The smallest absolute Gasteiger partial charge is 0.173 e. The summed E-state index contributed by atoms with van der Waals surface area (Å²) in [5.74, 6) is 0.891. The van der Waals surface area contributed by atoms with Crippen LogP contribution in [0.5, 0.6) is 0 Å². The highest BCUT2D eigenvalue weighted by atomic mass is 15.6. The lowest BCUT2D eigenvalue weighted by atomic mass is 9.99. The van der Waals surface area contributed by atoms with E-state index in [1.54, 1.807) is 0 Å². The molecule has 1 atom stereocenters. The van der Waals surface area contributed by atoms with Crippen molar-refractivity contribution < 1.29 is 0 Å². The Balaban J connectivity index is 1.45. The van der Waals surface area contributed by atoms with Gasteiger partial charge < -0.3 is 0 Å². The van der Waals surface area contributed by atoms with Gasteiger partial charge in [-0.1, -0.05) is 42.5 Å². The Kier molecular flexibility index (Phi) is 5.91. The minimum atomic E-state index is -0.204. The molecule has 3 heterocycles. The molecule has 0 amide bonds. The fraction of sp³-hybridized carbons (Fsp3) is 0.385. The summed E-state index contributed by atoms with van der Waals surface area (Å²) >= 11 is 0. The summed E-state index contributed by atoms with van der Waals surface area (Å²) < 4.78 is 1.97. The van der Waals surface area contributed by atoms with Crippen LogP contribution in [0.4, 0.5) is 0 Å². The molecule has 2 aromatic heterocycles. The van der Waals surface area contributed by atoms with E-state index in [2.05, 4.69) is 106 Å². The van der Waals surface area contributed by atoms with Gasteiger partial charge in [0.1, 0.15) is 0 Å². The number of fused-ring (bicyclic) bond motifs is 1. The summed E-state index contributed by atoms with van der Waals surface area (Å²) in [4.78, 5) is 9.55. The second-order valence-electron chi connectivity index (χ2n) is 9.78. The summed E-state index contributed by atoms with van der Waals surface area (Å²) in [5, 5.41) is 14.1. The molecule has 0 spiro atoms. The molecule has 1 saturated heterocycles. The molecule has 1 aliphatic rings. The van der Waals surface area contributed by atoms with Crippen LogP contribution in [0.25, 0.3) is 10.9 Å². The van der Waals surface area contributed by atoms with Crippen molar-refractivity contribution in [3.8, 4) is 0 Å². The average molecular weight is 442 g/mol. The van der Waals surface area contributed by atoms with Gasteiger partial charge in [-0.15, -0.1) is 5.10 Å². The molecule has 2 aromatic carbocycles. The van der Waals surface area contributed by atoms with E-state index >= 15 is 0 Å². The van der Waals surface area contributed by atoms with Crippen molar-refractivity contribution in [3.63, 3.8) is 0 Å². The van der Waals surface area contributed by atoms with Gasteiger partial charge in [-0.25, -0.2) is 4.68 Å². The third kappa shape index (κ3) is 4.65. The van der Waals surface area contributed by atoms with Crippen LogP contribution in [-0.4, -0.2) is 61.2 Å². The Bertz CT molecular complexity index is 1200. The minimum absolute atomic E-state index is 0.0114. The Morgan fingerprint density at radius 1 is 0.909 bits per heavy atom. The second-order valence-corrected chi connectivity index (χ2v) is 9.78. The maximum absolute atomic E-state index is 4.53. The monoisotopic (exact) mass is 441 g/mol. The van der Waals surface area contributed by atoms with Crippen molar-refractivity contribution in [2.75, 3.05) is 26.2 Å². The van der Waals surface area contributed by atoms with Crippen LogP contribution in [0.2, 0.25) is 0 Å². The summed E-state index contributed by atoms with van der Waals surface area (Å²) in [5.41, 5.74) is 3.36. The first-order chi connectivity index (χ1) is 16.0. The second kappa shape index (κ2) is 9.00. The predicted octanol–water partition coefficient (Wildman–Crippen LogP) is 3.88. The highest BCUT2D eigenvalue weighted by Crippen LogP contribution is 2.32. The number of tetrazole rings is 1. The average Bonchev–Trinajstić information content (AvgIpc) is 3.31. The summed E-state index contributed by atoms with van der Waals surface area (Å²) in [6, 6.07) is 21.3. The Labute approximate surface area is 195 Å². The highest BCUT2D eigenvalue weighted by Gasteiger charge is 2.33. The van der Waals surface area contributed by atoms with E-state index in [1.165, 1.54) is 11.1 Å². The van der Waals surface area contributed by atoms with Crippen molar-refractivity contribution in [3.05, 3.63) is 83.8 Å². The van der Waals surface area contributed by atoms with Crippen LogP contribution in [0, 0.1) is 0 Å². The SMILES string of the molecule is CC(C)(C)n1nnnc1[C@H](c1ccc2ncccc2c1)N1CCN(Cc2ccccc2)CC1. The van der Waals surface area contributed by atoms with E-state index in [-0.39, 0.29) is 11.6 Å². The van der Waals surface area contributed by atoms with Gasteiger partial charge in [0.25, 0.3) is 0 Å². The van der Waals surface area contributed by atoms with Crippen LogP contribution in [0.3, 0.4) is 0 Å². The molecule has 7 nitrogen and oxygen atoms in total. The lowest BCUT2D eigenvalue weighted by Gasteiger charge is -2.39. The van der Waals surface area contributed by atoms with Crippen molar-refractivity contribution in [2.45, 2.75) is 38.9 Å². The number of pyridine rings is 1. The van der Waals surface area contributed by atoms with Gasteiger partial charge >= 0.3 is 0 Å². The number of piperazine rings is 1. The highest BCUT2D eigenvalue weighted by molar-refractivity contribution is 5.79. The zero-order chi connectivity index (χ0) is 22.8. The van der Waals surface area contributed by atoms with Gasteiger partial charge in [0.2, 0.25) is 0 Å². The molecule has 170 valence electrons. The van der Waals surface area contributed by atoms with E-state index in [0.717, 1.165) is 49.5 Å². The molecule has 0 aliphatic carbocycles. The van der Waals surface area contributed by atoms with E-state index in [1.807, 2.05) is 16.9 Å². The van der Waals surface area contributed by atoms with Crippen molar-refractivity contribution in [1.29, 1.82) is 0 Å². The molecule has 0 N–H and O–H groups in total. The summed E-state index contributed by atoms with van der Waals surface area (Å²) in [6.45, 7) is 11.4. The third-order valence-corrected chi connectivity index (χ3v) is 6.34. The normalized spacial score (nSPS) is 16.8. The van der Waals surface area contributed by atoms with Gasteiger partial charge in [0.15, 0.2) is 5.82 Å². The molecular formula is C26H31N7. The summed E-state index contributed by atoms with van der Waals surface area (Å²) in [6.07, 6.45) is 1.84. The molecule has 0 saturated carbocycles. The fourth-order valence-electron chi connectivity index (χ4n) is 4.65. The first-order valence-electron chi connectivity index (χ1n) is 11.6. The number of rotatable bonds is 5. The van der Waals surface area contributed by atoms with Crippen LogP contribution >= 0.6 is 0 Å². The zero-order valence-electron chi connectivity index (χ0n) is 19.6. The molecule has 0 bridgehead atoms. The van der Waals surface area contributed by atoms with Crippen LogP contribution < -0.4 is 0 Å². The van der Waals surface area contributed by atoms with Crippen molar-refractivity contribution in [1.82, 2.24) is 35.0 Å². The van der Waals surface area contributed by atoms with Gasteiger partial charge in [-0.2, -0.15) is 0 Å². The van der Waals surface area contributed by atoms with Gasteiger partial charge in [-0.3, -0.25) is 14.8 Å². The zero-order valence-corrected chi connectivity index (χ0v) is 19.6. The molecule has 0 unspecified atom stereocenters. The molecular weight excluding hydrogens is 410 g/mol. The topological polar surface area (TPSA) is 63.0 Å². The van der Waals surface area contributed by atoms with Crippen LogP contribution in [0.1, 0.15) is 43.8 Å². The van der Waals surface area contributed by atoms with Gasteiger partial charge in [0.05, 0.1) is 17.1 Å². The number of hydrogen-bond donors (Lipinski definition) is 0. The maximum Gasteiger partial charge on any atom is 0.173 e. The molecule has 1 aliphatic heterocycles. The number of benzene rings is 2. The first-order valence-corrected chi connectivity index (χ1v) is 11.6. The largest absolute Gasteiger partial charge is 0.297 e. The third-order valence-electron chi connectivity index (χ3n) is 6.34. The molecule has 5 rings (SSSR count).